The van der Waals surface area contributed by atoms with Crippen LogP contribution >= 0.6 is 0 Å². The van der Waals surface area contributed by atoms with Crippen molar-refractivity contribution in [2.24, 2.45) is 0 Å². The summed E-state index contributed by atoms with van der Waals surface area (Å²) in [6.45, 7) is 10.9. The van der Waals surface area contributed by atoms with Crippen LogP contribution in [0.15, 0.2) is 30.5 Å². The third-order valence-electron chi connectivity index (χ3n) is 3.52. The Hall–Kier alpha value is -1.88. The van der Waals surface area contributed by atoms with Gasteiger partial charge in [-0.15, -0.1) is 5.10 Å². The number of benzene rings is 1. The van der Waals surface area contributed by atoms with Gasteiger partial charge in [-0.2, -0.15) is 0 Å². The lowest BCUT2D eigenvalue weighted by Gasteiger charge is -2.23. The number of likely N-dealkylation sites (N-methyl/N-ethyl adjacent to an activating group) is 1. The van der Waals surface area contributed by atoms with Crippen LogP contribution in [0.5, 0.6) is 0 Å². The molecule has 2 aromatic rings. The predicted octanol–water partition coefficient (Wildman–Crippen LogP) is 2.22. The monoisotopic (exact) mass is 287 g/mol. The van der Waals surface area contributed by atoms with Gasteiger partial charge in [0.25, 0.3) is 0 Å². The topological polar surface area (TPSA) is 46.0 Å². The molecule has 1 aromatic heterocycles. The van der Waals surface area contributed by atoms with Crippen LogP contribution in [0.25, 0.3) is 0 Å². The van der Waals surface area contributed by atoms with Crippen molar-refractivity contribution < 1.29 is 0 Å². The summed E-state index contributed by atoms with van der Waals surface area (Å²) in [5, 5.41) is 11.6. The van der Waals surface area contributed by atoms with E-state index < -0.39 is 0 Å². The van der Waals surface area contributed by atoms with Gasteiger partial charge in [0.05, 0.1) is 12.2 Å². The number of anilines is 1. The van der Waals surface area contributed by atoms with Crippen LogP contribution in [-0.2, 0) is 13.1 Å². The van der Waals surface area contributed by atoms with Crippen LogP contribution in [0.1, 0.15) is 25.1 Å². The van der Waals surface area contributed by atoms with E-state index in [0.717, 1.165) is 38.4 Å². The maximum absolute atomic E-state index is 4.18. The maximum atomic E-state index is 4.18. The normalized spacial score (nSPS) is 10.8. The number of nitrogens with zero attached hydrogens (tertiary/aromatic N) is 4. The number of hydrogen-bond acceptors (Lipinski definition) is 4. The van der Waals surface area contributed by atoms with Crippen molar-refractivity contribution in [3.05, 3.63) is 41.7 Å². The summed E-state index contributed by atoms with van der Waals surface area (Å²) in [6.07, 6.45) is 2.02. The quantitative estimate of drug-likeness (QED) is 0.808. The van der Waals surface area contributed by atoms with E-state index in [-0.39, 0.29) is 0 Å². The van der Waals surface area contributed by atoms with Gasteiger partial charge in [0, 0.05) is 31.5 Å². The molecule has 0 aliphatic heterocycles. The molecule has 1 aromatic carbocycles. The van der Waals surface area contributed by atoms with Crippen molar-refractivity contribution in [3.8, 4) is 0 Å². The number of hydrogen-bond donors (Lipinski definition) is 1. The number of aryl methyl sites for hydroxylation is 1. The van der Waals surface area contributed by atoms with Crippen molar-refractivity contribution in [2.75, 3.05) is 24.5 Å². The molecule has 0 radical (unpaired) electrons. The largest absolute Gasteiger partial charge is 0.370 e. The summed E-state index contributed by atoms with van der Waals surface area (Å²) in [6, 6.07) is 8.66. The van der Waals surface area contributed by atoms with Crippen molar-refractivity contribution in [1.82, 2.24) is 20.3 Å². The highest BCUT2D eigenvalue weighted by Crippen LogP contribution is 2.14. The molecule has 5 heteroatoms. The smallest absolute Gasteiger partial charge is 0.0964 e. The van der Waals surface area contributed by atoms with Gasteiger partial charge in [0.15, 0.2) is 0 Å². The predicted molar refractivity (Wildman–Crippen MR) is 86.5 cm³/mol. The molecule has 0 aliphatic carbocycles. The van der Waals surface area contributed by atoms with Crippen molar-refractivity contribution >= 4 is 5.69 Å². The first kappa shape index (κ1) is 15.5. The molecule has 0 fully saturated rings. The second-order valence-corrected chi connectivity index (χ2v) is 5.17. The summed E-state index contributed by atoms with van der Waals surface area (Å²) in [5.74, 6) is 0. The van der Waals surface area contributed by atoms with Gasteiger partial charge in [-0.25, -0.2) is 0 Å². The Balaban J connectivity index is 1.90. The Bertz CT molecular complexity index is 532. The van der Waals surface area contributed by atoms with Crippen LogP contribution in [0, 0.1) is 6.92 Å². The lowest BCUT2D eigenvalue weighted by atomic mass is 10.2. The molecule has 2 rings (SSSR count). The van der Waals surface area contributed by atoms with Crippen LogP contribution in [0.4, 0.5) is 5.69 Å². The second-order valence-electron chi connectivity index (χ2n) is 5.17. The zero-order valence-electron chi connectivity index (χ0n) is 13.2. The first-order valence-electron chi connectivity index (χ1n) is 7.64. The molecule has 0 saturated carbocycles. The fourth-order valence-corrected chi connectivity index (χ4v) is 2.23. The summed E-state index contributed by atoms with van der Waals surface area (Å²) in [4.78, 5) is 2.35. The van der Waals surface area contributed by atoms with E-state index in [2.05, 4.69) is 65.6 Å². The third kappa shape index (κ3) is 4.56. The summed E-state index contributed by atoms with van der Waals surface area (Å²) >= 11 is 0. The first-order valence-corrected chi connectivity index (χ1v) is 7.64. The standard InChI is InChI=1S/C16H25N5/c1-4-17-12-15-13-21(19-18-15)11-10-20(5-2)16-8-6-14(3)7-9-16/h6-9,13,17H,4-5,10-12H2,1-3H3. The fraction of sp³-hybridized carbons (Fsp3) is 0.500. The Morgan fingerprint density at radius 3 is 2.62 bits per heavy atom. The van der Waals surface area contributed by atoms with E-state index in [9.17, 15) is 0 Å². The van der Waals surface area contributed by atoms with E-state index in [1.165, 1.54) is 11.3 Å². The van der Waals surface area contributed by atoms with Crippen LogP contribution < -0.4 is 10.2 Å². The molecular formula is C16H25N5. The van der Waals surface area contributed by atoms with Crippen molar-refractivity contribution in [1.29, 1.82) is 0 Å². The highest BCUT2D eigenvalue weighted by molar-refractivity contribution is 5.47. The number of aromatic nitrogens is 3. The van der Waals surface area contributed by atoms with Crippen LogP contribution in [-0.4, -0.2) is 34.6 Å². The molecule has 21 heavy (non-hydrogen) atoms. The molecule has 1 heterocycles. The third-order valence-corrected chi connectivity index (χ3v) is 3.52. The van der Waals surface area contributed by atoms with Crippen molar-refractivity contribution in [2.45, 2.75) is 33.9 Å². The van der Waals surface area contributed by atoms with Gasteiger partial charge in [-0.3, -0.25) is 4.68 Å². The molecule has 5 nitrogen and oxygen atoms in total. The molecule has 0 amide bonds. The van der Waals surface area contributed by atoms with Gasteiger partial charge in [-0.05, 0) is 32.5 Å². The van der Waals surface area contributed by atoms with E-state index >= 15 is 0 Å². The molecular weight excluding hydrogens is 262 g/mol. The minimum atomic E-state index is 0.784. The Labute approximate surface area is 127 Å². The average Bonchev–Trinajstić information content (AvgIpc) is 2.95. The van der Waals surface area contributed by atoms with Gasteiger partial charge >= 0.3 is 0 Å². The van der Waals surface area contributed by atoms with E-state index in [4.69, 9.17) is 0 Å². The zero-order valence-corrected chi connectivity index (χ0v) is 13.2. The Kier molecular flexibility index (Phi) is 5.75. The minimum Gasteiger partial charge on any atom is -0.370 e. The molecule has 1 N–H and O–H groups in total. The first-order chi connectivity index (χ1) is 10.2. The highest BCUT2D eigenvalue weighted by Gasteiger charge is 2.05. The average molecular weight is 287 g/mol. The van der Waals surface area contributed by atoms with Crippen molar-refractivity contribution in [3.63, 3.8) is 0 Å². The molecule has 0 aliphatic rings. The van der Waals surface area contributed by atoms with Crippen LogP contribution in [0.2, 0.25) is 0 Å². The molecule has 0 atom stereocenters. The maximum Gasteiger partial charge on any atom is 0.0964 e. The van der Waals surface area contributed by atoms with Gasteiger partial charge in [0.2, 0.25) is 0 Å². The molecule has 0 spiro atoms. The van der Waals surface area contributed by atoms with E-state index in [1.807, 2.05) is 10.9 Å². The fourth-order valence-electron chi connectivity index (χ4n) is 2.23. The second kappa shape index (κ2) is 7.78. The molecule has 0 bridgehead atoms. The summed E-state index contributed by atoms with van der Waals surface area (Å²) < 4.78 is 1.92. The molecule has 0 saturated heterocycles. The summed E-state index contributed by atoms with van der Waals surface area (Å²) in [7, 11) is 0. The van der Waals surface area contributed by atoms with Gasteiger partial charge < -0.3 is 10.2 Å². The van der Waals surface area contributed by atoms with E-state index in [1.54, 1.807) is 0 Å². The highest BCUT2D eigenvalue weighted by atomic mass is 15.4. The molecule has 114 valence electrons. The Morgan fingerprint density at radius 1 is 1.19 bits per heavy atom. The number of rotatable bonds is 8. The molecule has 0 unspecified atom stereocenters. The SMILES string of the molecule is CCNCc1cn(CCN(CC)c2ccc(C)cc2)nn1. The van der Waals surface area contributed by atoms with Gasteiger partial charge in [0.1, 0.15) is 0 Å². The number of nitrogens with one attached hydrogen (secondary N) is 1. The summed E-state index contributed by atoms with van der Waals surface area (Å²) in [5.41, 5.74) is 3.55. The lowest BCUT2D eigenvalue weighted by Crippen LogP contribution is -2.27. The van der Waals surface area contributed by atoms with Crippen LogP contribution in [0.3, 0.4) is 0 Å². The lowest BCUT2D eigenvalue weighted by molar-refractivity contribution is 0.578. The van der Waals surface area contributed by atoms with E-state index in [0.29, 0.717) is 0 Å². The Morgan fingerprint density at radius 2 is 1.95 bits per heavy atom. The zero-order chi connectivity index (χ0) is 15.1. The van der Waals surface area contributed by atoms with Gasteiger partial charge in [-0.1, -0.05) is 29.8 Å². The minimum absolute atomic E-state index is 0.784.